The summed E-state index contributed by atoms with van der Waals surface area (Å²) in [5.74, 6) is 0.343. The summed E-state index contributed by atoms with van der Waals surface area (Å²) in [6.45, 7) is 7.37. The number of aryl methyl sites for hydroxylation is 1. The van der Waals surface area contributed by atoms with Gasteiger partial charge in [-0.1, -0.05) is 13.8 Å². The van der Waals surface area contributed by atoms with Crippen molar-refractivity contribution in [3.05, 3.63) is 15.5 Å². The number of carbonyl (C=O) groups is 1. The summed E-state index contributed by atoms with van der Waals surface area (Å²) in [4.78, 5) is 11.5. The lowest BCUT2D eigenvalue weighted by Crippen LogP contribution is -2.05. The lowest BCUT2D eigenvalue weighted by Gasteiger charge is -2.03. The fourth-order valence-electron chi connectivity index (χ4n) is 1.25. The van der Waals surface area contributed by atoms with E-state index in [4.69, 9.17) is 4.74 Å². The van der Waals surface area contributed by atoms with Crippen LogP contribution in [-0.2, 0) is 11.3 Å². The van der Waals surface area contributed by atoms with Crippen molar-refractivity contribution in [1.29, 1.82) is 0 Å². The molecule has 0 aliphatic carbocycles. The third-order valence-corrected chi connectivity index (χ3v) is 2.94. The maximum Gasteiger partial charge on any atom is 0.342 e. The molecular formula is C11H17IN2O2. The molecule has 0 aromatic carbocycles. The highest BCUT2D eigenvalue weighted by Gasteiger charge is 2.15. The van der Waals surface area contributed by atoms with E-state index in [1.54, 1.807) is 13.1 Å². The minimum Gasteiger partial charge on any atom is -0.462 e. The van der Waals surface area contributed by atoms with Crippen molar-refractivity contribution in [2.75, 3.05) is 6.61 Å². The first-order valence-electron chi connectivity index (χ1n) is 5.44. The SMILES string of the molecule is CCOC(=O)c1cn(CCC(C)C)nc1I. The first-order chi connectivity index (χ1) is 7.54. The van der Waals surface area contributed by atoms with Gasteiger partial charge in [-0.2, -0.15) is 5.10 Å². The Bertz CT molecular complexity index is 361. The number of carbonyl (C=O) groups excluding carboxylic acids is 1. The molecule has 0 bridgehead atoms. The lowest BCUT2D eigenvalue weighted by molar-refractivity contribution is 0.0525. The van der Waals surface area contributed by atoms with Crippen molar-refractivity contribution < 1.29 is 9.53 Å². The van der Waals surface area contributed by atoms with Gasteiger partial charge in [-0.15, -0.1) is 0 Å². The number of hydrogen-bond donors (Lipinski definition) is 0. The van der Waals surface area contributed by atoms with Crippen molar-refractivity contribution in [2.45, 2.75) is 33.7 Å². The van der Waals surface area contributed by atoms with Crippen LogP contribution in [-0.4, -0.2) is 22.4 Å². The molecule has 5 heteroatoms. The highest BCUT2D eigenvalue weighted by Crippen LogP contribution is 2.12. The highest BCUT2D eigenvalue weighted by molar-refractivity contribution is 14.1. The summed E-state index contributed by atoms with van der Waals surface area (Å²) in [5.41, 5.74) is 0.561. The molecule has 0 aliphatic heterocycles. The van der Waals surface area contributed by atoms with Gasteiger partial charge in [0.2, 0.25) is 0 Å². The average molecular weight is 336 g/mol. The zero-order valence-corrected chi connectivity index (χ0v) is 12.0. The Hall–Kier alpha value is -0.590. The Labute approximate surface area is 109 Å². The predicted molar refractivity (Wildman–Crippen MR) is 70.4 cm³/mol. The van der Waals surface area contributed by atoms with Crippen LogP contribution in [0.15, 0.2) is 6.20 Å². The molecule has 4 nitrogen and oxygen atoms in total. The molecule has 0 aliphatic rings. The van der Waals surface area contributed by atoms with Crippen molar-refractivity contribution in [2.24, 2.45) is 5.92 Å². The number of aromatic nitrogens is 2. The molecule has 0 N–H and O–H groups in total. The maximum absolute atomic E-state index is 11.5. The minimum absolute atomic E-state index is 0.289. The first-order valence-corrected chi connectivity index (χ1v) is 6.52. The van der Waals surface area contributed by atoms with E-state index in [-0.39, 0.29) is 5.97 Å². The van der Waals surface area contributed by atoms with Crippen molar-refractivity contribution in [1.82, 2.24) is 9.78 Å². The van der Waals surface area contributed by atoms with Gasteiger partial charge in [0.1, 0.15) is 9.26 Å². The Morgan fingerprint density at radius 1 is 1.62 bits per heavy atom. The van der Waals surface area contributed by atoms with Gasteiger partial charge in [0.05, 0.1) is 6.61 Å². The summed E-state index contributed by atoms with van der Waals surface area (Å²) >= 11 is 2.06. The summed E-state index contributed by atoms with van der Waals surface area (Å²) in [6.07, 6.45) is 2.82. The van der Waals surface area contributed by atoms with Gasteiger partial charge >= 0.3 is 5.97 Å². The standard InChI is InChI=1S/C11H17IN2O2/c1-4-16-11(15)9-7-14(13-10(9)12)6-5-8(2)3/h7-8H,4-6H2,1-3H3. The first kappa shape index (κ1) is 13.5. The highest BCUT2D eigenvalue weighted by atomic mass is 127. The van der Waals surface area contributed by atoms with Crippen molar-refractivity contribution in [3.63, 3.8) is 0 Å². The van der Waals surface area contributed by atoms with E-state index in [0.29, 0.717) is 21.8 Å². The number of hydrogen-bond acceptors (Lipinski definition) is 3. The van der Waals surface area contributed by atoms with Gasteiger partial charge in [-0.05, 0) is 41.9 Å². The fraction of sp³-hybridized carbons (Fsp3) is 0.636. The number of ether oxygens (including phenoxy) is 1. The molecule has 0 spiro atoms. The number of rotatable bonds is 5. The molecule has 0 saturated heterocycles. The third-order valence-electron chi connectivity index (χ3n) is 2.15. The summed E-state index contributed by atoms with van der Waals surface area (Å²) in [5, 5.41) is 4.29. The topological polar surface area (TPSA) is 44.1 Å². The van der Waals surface area contributed by atoms with Crippen LogP contribution in [0, 0.1) is 9.62 Å². The Morgan fingerprint density at radius 3 is 2.88 bits per heavy atom. The van der Waals surface area contributed by atoms with E-state index in [2.05, 4.69) is 41.5 Å². The van der Waals surface area contributed by atoms with Crippen LogP contribution in [0.5, 0.6) is 0 Å². The quantitative estimate of drug-likeness (QED) is 0.613. The van der Waals surface area contributed by atoms with Crippen LogP contribution in [0.4, 0.5) is 0 Å². The predicted octanol–water partition coefficient (Wildman–Crippen LogP) is 2.71. The number of halogens is 1. The second-order valence-corrected chi connectivity index (χ2v) is 5.02. The average Bonchev–Trinajstić information content (AvgIpc) is 2.57. The second-order valence-electron chi connectivity index (χ2n) is 4.00. The molecule has 0 atom stereocenters. The van der Waals surface area contributed by atoms with E-state index < -0.39 is 0 Å². The zero-order chi connectivity index (χ0) is 12.1. The third kappa shape index (κ3) is 3.77. The fourth-order valence-corrected chi connectivity index (χ4v) is 1.89. The Balaban J connectivity index is 2.69. The molecule has 1 rings (SSSR count). The minimum atomic E-state index is -0.289. The van der Waals surface area contributed by atoms with Crippen LogP contribution < -0.4 is 0 Å². The second kappa shape index (κ2) is 6.22. The Kier molecular flexibility index (Phi) is 5.24. The number of esters is 1. The lowest BCUT2D eigenvalue weighted by atomic mass is 10.1. The zero-order valence-electron chi connectivity index (χ0n) is 9.86. The van der Waals surface area contributed by atoms with Gasteiger partial charge in [0.15, 0.2) is 0 Å². The van der Waals surface area contributed by atoms with E-state index in [9.17, 15) is 4.79 Å². The molecule has 1 aromatic rings. The van der Waals surface area contributed by atoms with Crippen LogP contribution in [0.25, 0.3) is 0 Å². The van der Waals surface area contributed by atoms with Crippen LogP contribution in [0.1, 0.15) is 37.6 Å². The smallest absolute Gasteiger partial charge is 0.342 e. The molecule has 1 aromatic heterocycles. The van der Waals surface area contributed by atoms with Gasteiger partial charge in [-0.25, -0.2) is 4.79 Å². The van der Waals surface area contributed by atoms with Crippen LogP contribution in [0.3, 0.4) is 0 Å². The van der Waals surface area contributed by atoms with Gasteiger partial charge in [-0.3, -0.25) is 4.68 Å². The monoisotopic (exact) mass is 336 g/mol. The van der Waals surface area contributed by atoms with Gasteiger partial charge in [0.25, 0.3) is 0 Å². The molecule has 90 valence electrons. The van der Waals surface area contributed by atoms with Crippen LogP contribution in [0.2, 0.25) is 0 Å². The molecule has 0 unspecified atom stereocenters. The van der Waals surface area contributed by atoms with Gasteiger partial charge < -0.3 is 4.74 Å². The van der Waals surface area contributed by atoms with E-state index in [1.807, 2.05) is 4.68 Å². The molecule has 0 saturated carbocycles. The molecular weight excluding hydrogens is 319 g/mol. The van der Waals surface area contributed by atoms with E-state index in [0.717, 1.165) is 13.0 Å². The van der Waals surface area contributed by atoms with E-state index >= 15 is 0 Å². The molecule has 1 heterocycles. The van der Waals surface area contributed by atoms with Crippen molar-refractivity contribution in [3.8, 4) is 0 Å². The molecule has 0 amide bonds. The van der Waals surface area contributed by atoms with Crippen molar-refractivity contribution >= 4 is 28.6 Å². The summed E-state index contributed by atoms with van der Waals surface area (Å²) in [7, 11) is 0. The maximum atomic E-state index is 11.5. The summed E-state index contributed by atoms with van der Waals surface area (Å²) in [6, 6.07) is 0. The number of nitrogens with zero attached hydrogens (tertiary/aromatic N) is 2. The summed E-state index contributed by atoms with van der Waals surface area (Å²) < 4.78 is 7.47. The normalized spacial score (nSPS) is 10.8. The van der Waals surface area contributed by atoms with Gasteiger partial charge in [0, 0.05) is 12.7 Å². The van der Waals surface area contributed by atoms with E-state index in [1.165, 1.54) is 0 Å². The molecule has 0 fully saturated rings. The largest absolute Gasteiger partial charge is 0.462 e. The molecule has 16 heavy (non-hydrogen) atoms. The van der Waals surface area contributed by atoms with Crippen LogP contribution >= 0.6 is 22.6 Å². The Morgan fingerprint density at radius 2 is 2.31 bits per heavy atom. The molecule has 0 radical (unpaired) electrons.